The van der Waals surface area contributed by atoms with Crippen LogP contribution in [0.15, 0.2) is 39.0 Å². The first-order valence-electron chi connectivity index (χ1n) is 8.19. The van der Waals surface area contributed by atoms with Gasteiger partial charge in [-0.1, -0.05) is 65.2 Å². The van der Waals surface area contributed by atoms with Crippen molar-refractivity contribution in [1.82, 2.24) is 15.5 Å². The fourth-order valence-electron chi connectivity index (χ4n) is 2.10. The van der Waals surface area contributed by atoms with Crippen LogP contribution in [0.5, 0.6) is 0 Å². The molecule has 0 spiro atoms. The van der Waals surface area contributed by atoms with Gasteiger partial charge in [0.15, 0.2) is 8.68 Å². The van der Waals surface area contributed by atoms with E-state index in [0.717, 1.165) is 12.8 Å². The Labute approximate surface area is 165 Å². The first-order valence-corrected chi connectivity index (χ1v) is 10.9. The molecule has 0 saturated carbocycles. The normalized spacial score (nSPS) is 13.2. The van der Waals surface area contributed by atoms with Crippen LogP contribution in [0.25, 0.3) is 0 Å². The Kier molecular flexibility index (Phi) is 8.40. The molecule has 3 N–H and O–H groups in total. The van der Waals surface area contributed by atoms with Gasteiger partial charge in [0.2, 0.25) is 11.8 Å². The molecule has 2 rings (SSSR count). The fourth-order valence-corrected chi connectivity index (χ4v) is 5.01. The molecule has 140 valence electrons. The number of nitrogens with two attached hydrogens (primary N) is 1. The van der Waals surface area contributed by atoms with Gasteiger partial charge >= 0.3 is 0 Å². The van der Waals surface area contributed by atoms with Gasteiger partial charge in [-0.05, 0) is 32.3 Å². The van der Waals surface area contributed by atoms with Gasteiger partial charge in [-0.3, -0.25) is 9.59 Å². The Balaban J connectivity index is 1.75. The summed E-state index contributed by atoms with van der Waals surface area (Å²) in [5, 5.41) is 10.8. The van der Waals surface area contributed by atoms with Gasteiger partial charge in [-0.2, -0.15) is 0 Å². The highest BCUT2D eigenvalue weighted by Crippen LogP contribution is 2.31. The van der Waals surface area contributed by atoms with E-state index in [-0.39, 0.29) is 23.0 Å². The monoisotopic (exact) mass is 410 g/mol. The van der Waals surface area contributed by atoms with Crippen molar-refractivity contribution in [2.75, 3.05) is 5.75 Å². The highest BCUT2D eigenvalue weighted by Gasteiger charge is 2.19. The smallest absolute Gasteiger partial charge is 0.233 e. The van der Waals surface area contributed by atoms with Crippen molar-refractivity contribution in [3.05, 3.63) is 35.9 Å². The van der Waals surface area contributed by atoms with Crippen molar-refractivity contribution in [3.8, 4) is 0 Å². The Morgan fingerprint density at radius 3 is 2.58 bits per heavy atom. The third-order valence-electron chi connectivity index (χ3n) is 3.47. The van der Waals surface area contributed by atoms with Gasteiger partial charge in [-0.15, -0.1) is 10.2 Å². The molecule has 1 aromatic carbocycles. The SMILES string of the molecule is CC(CCc1ccccc1)NC(=O)C(C)Sc1nnc(SCC(N)=O)s1. The van der Waals surface area contributed by atoms with E-state index in [1.54, 1.807) is 0 Å². The summed E-state index contributed by atoms with van der Waals surface area (Å²) < 4.78 is 1.38. The van der Waals surface area contributed by atoms with Crippen molar-refractivity contribution in [2.24, 2.45) is 5.73 Å². The van der Waals surface area contributed by atoms with Crippen LogP contribution in [0.3, 0.4) is 0 Å². The van der Waals surface area contributed by atoms with Gasteiger partial charge in [0.25, 0.3) is 0 Å². The molecule has 0 fully saturated rings. The summed E-state index contributed by atoms with van der Waals surface area (Å²) in [7, 11) is 0. The first-order chi connectivity index (χ1) is 12.4. The fraction of sp³-hybridized carbons (Fsp3) is 0.412. The average molecular weight is 411 g/mol. The largest absolute Gasteiger partial charge is 0.369 e. The van der Waals surface area contributed by atoms with E-state index in [2.05, 4.69) is 27.6 Å². The zero-order chi connectivity index (χ0) is 18.9. The number of carbonyl (C=O) groups excluding carboxylic acids is 2. The number of amides is 2. The van der Waals surface area contributed by atoms with Gasteiger partial charge in [-0.25, -0.2) is 0 Å². The van der Waals surface area contributed by atoms with E-state index in [1.165, 1.54) is 40.4 Å². The molecule has 0 aliphatic heterocycles. The number of thioether (sulfide) groups is 2. The lowest BCUT2D eigenvalue weighted by atomic mass is 10.1. The highest BCUT2D eigenvalue weighted by atomic mass is 32.2. The maximum Gasteiger partial charge on any atom is 0.233 e. The molecule has 9 heteroatoms. The molecule has 2 atom stereocenters. The van der Waals surface area contributed by atoms with Crippen molar-refractivity contribution in [3.63, 3.8) is 0 Å². The Hall–Kier alpha value is -1.58. The van der Waals surface area contributed by atoms with Crippen LogP contribution in [-0.2, 0) is 16.0 Å². The molecule has 2 amide bonds. The number of hydrogen-bond acceptors (Lipinski definition) is 7. The molecule has 26 heavy (non-hydrogen) atoms. The predicted octanol–water partition coefficient (Wildman–Crippen LogP) is 2.73. The van der Waals surface area contributed by atoms with Gasteiger partial charge in [0.1, 0.15) is 0 Å². The van der Waals surface area contributed by atoms with E-state index in [1.807, 2.05) is 32.0 Å². The minimum absolute atomic E-state index is 0.0166. The van der Waals surface area contributed by atoms with E-state index in [0.29, 0.717) is 8.68 Å². The third kappa shape index (κ3) is 7.35. The van der Waals surface area contributed by atoms with E-state index in [4.69, 9.17) is 5.73 Å². The first kappa shape index (κ1) is 20.7. The summed E-state index contributed by atoms with van der Waals surface area (Å²) in [4.78, 5) is 23.1. The molecule has 0 bridgehead atoms. The number of nitrogens with one attached hydrogen (secondary N) is 1. The minimum atomic E-state index is -0.392. The van der Waals surface area contributed by atoms with Crippen LogP contribution in [0.4, 0.5) is 0 Å². The lowest BCUT2D eigenvalue weighted by molar-refractivity contribution is -0.121. The molecule has 0 aliphatic carbocycles. The van der Waals surface area contributed by atoms with Crippen LogP contribution >= 0.6 is 34.9 Å². The zero-order valence-electron chi connectivity index (χ0n) is 14.7. The average Bonchev–Trinajstić information content (AvgIpc) is 3.06. The standard InChI is InChI=1S/C17H22N4O2S3/c1-11(8-9-13-6-4-3-5-7-13)19-15(23)12(2)25-17-21-20-16(26-17)24-10-14(18)22/h3-7,11-12H,8-10H2,1-2H3,(H2,18,22)(H,19,23). The number of hydrogen-bond donors (Lipinski definition) is 2. The molecule has 1 heterocycles. The number of benzene rings is 1. The summed E-state index contributed by atoms with van der Waals surface area (Å²) in [5.74, 6) is -0.234. The zero-order valence-corrected chi connectivity index (χ0v) is 17.1. The Morgan fingerprint density at radius 1 is 1.19 bits per heavy atom. The lowest BCUT2D eigenvalue weighted by Gasteiger charge is -2.16. The van der Waals surface area contributed by atoms with Crippen LogP contribution in [0, 0.1) is 0 Å². The molecular formula is C17H22N4O2S3. The third-order valence-corrected chi connectivity index (χ3v) is 6.73. The molecule has 0 aliphatic rings. The van der Waals surface area contributed by atoms with Gasteiger partial charge in [0, 0.05) is 6.04 Å². The number of aromatic nitrogens is 2. The lowest BCUT2D eigenvalue weighted by Crippen LogP contribution is -2.37. The number of carbonyl (C=O) groups is 2. The highest BCUT2D eigenvalue weighted by molar-refractivity contribution is 8.04. The molecule has 6 nitrogen and oxygen atoms in total. The summed E-state index contributed by atoms with van der Waals surface area (Å²) in [6, 6.07) is 10.3. The predicted molar refractivity (Wildman–Crippen MR) is 108 cm³/mol. The Morgan fingerprint density at radius 2 is 1.88 bits per heavy atom. The molecular weight excluding hydrogens is 388 g/mol. The molecule has 2 aromatic rings. The van der Waals surface area contributed by atoms with Gasteiger partial charge < -0.3 is 11.1 Å². The second-order valence-electron chi connectivity index (χ2n) is 5.78. The number of rotatable bonds is 10. The van der Waals surface area contributed by atoms with Crippen molar-refractivity contribution >= 4 is 46.7 Å². The van der Waals surface area contributed by atoms with Crippen LogP contribution in [0.1, 0.15) is 25.8 Å². The molecule has 0 radical (unpaired) electrons. The maximum atomic E-state index is 12.3. The van der Waals surface area contributed by atoms with Crippen LogP contribution in [0.2, 0.25) is 0 Å². The summed E-state index contributed by atoms with van der Waals surface area (Å²) in [6.07, 6.45) is 1.82. The van der Waals surface area contributed by atoms with Crippen molar-refractivity contribution < 1.29 is 9.59 Å². The minimum Gasteiger partial charge on any atom is -0.369 e. The summed E-state index contributed by atoms with van der Waals surface area (Å²) >= 11 is 3.99. The van der Waals surface area contributed by atoms with Crippen LogP contribution < -0.4 is 11.1 Å². The second kappa shape index (κ2) is 10.5. The number of primary amides is 1. The van der Waals surface area contributed by atoms with E-state index < -0.39 is 5.91 Å². The molecule has 2 unspecified atom stereocenters. The van der Waals surface area contributed by atoms with Crippen LogP contribution in [-0.4, -0.2) is 39.1 Å². The number of nitrogens with zero attached hydrogens (tertiary/aromatic N) is 2. The van der Waals surface area contributed by atoms with Gasteiger partial charge in [0.05, 0.1) is 11.0 Å². The summed E-state index contributed by atoms with van der Waals surface area (Å²) in [5.41, 5.74) is 6.38. The molecule has 0 saturated heterocycles. The van der Waals surface area contributed by atoms with Crippen molar-refractivity contribution in [2.45, 2.75) is 46.7 Å². The molecule has 1 aromatic heterocycles. The Bertz CT molecular complexity index is 724. The van der Waals surface area contributed by atoms with Crippen molar-refractivity contribution in [1.29, 1.82) is 0 Å². The quantitative estimate of drug-likeness (QED) is 0.585. The number of aryl methyl sites for hydroxylation is 1. The second-order valence-corrected chi connectivity index (χ2v) is 9.57. The van der Waals surface area contributed by atoms with E-state index >= 15 is 0 Å². The maximum absolute atomic E-state index is 12.3. The van der Waals surface area contributed by atoms with E-state index in [9.17, 15) is 9.59 Å². The topological polar surface area (TPSA) is 98.0 Å². The summed E-state index contributed by atoms with van der Waals surface area (Å²) in [6.45, 7) is 3.86.